The molecule has 0 saturated carbocycles. The minimum Gasteiger partial charge on any atom is -0.353 e. The van der Waals surface area contributed by atoms with Gasteiger partial charge in [-0.15, -0.1) is 10.2 Å². The quantitative estimate of drug-likeness (QED) is 0.826. The summed E-state index contributed by atoms with van der Waals surface area (Å²) in [6.45, 7) is 10.2. The maximum absolute atomic E-state index is 12.1. The average molecular weight is 332 g/mol. The predicted molar refractivity (Wildman–Crippen MR) is 94.0 cm³/mol. The summed E-state index contributed by atoms with van der Waals surface area (Å²) < 4.78 is 2.00. The molecule has 124 valence electrons. The second kappa shape index (κ2) is 7.64. The monoisotopic (exact) mass is 332 g/mol. The van der Waals surface area contributed by atoms with Crippen LogP contribution < -0.4 is 5.32 Å². The van der Waals surface area contributed by atoms with Crippen LogP contribution in [0, 0.1) is 19.8 Å². The number of amides is 1. The van der Waals surface area contributed by atoms with Gasteiger partial charge in [-0.2, -0.15) is 0 Å². The van der Waals surface area contributed by atoms with Crippen LogP contribution in [0.4, 0.5) is 0 Å². The number of aryl methyl sites for hydroxylation is 2. The van der Waals surface area contributed by atoms with Crippen molar-refractivity contribution in [2.45, 2.75) is 45.8 Å². The number of thioether (sulfide) groups is 1. The molecule has 0 aliphatic carbocycles. The molecule has 0 fully saturated rings. The molecule has 1 aromatic heterocycles. The zero-order chi connectivity index (χ0) is 17.0. The van der Waals surface area contributed by atoms with E-state index in [1.165, 1.54) is 11.8 Å². The second-order valence-electron chi connectivity index (χ2n) is 6.04. The number of hydrogen-bond acceptors (Lipinski definition) is 4. The lowest BCUT2D eigenvalue weighted by Gasteiger charge is -2.17. The minimum atomic E-state index is 0.0215. The Morgan fingerprint density at radius 2 is 1.91 bits per heavy atom. The van der Waals surface area contributed by atoms with Crippen LogP contribution in [0.3, 0.4) is 0 Å². The van der Waals surface area contributed by atoms with Crippen LogP contribution in [0.25, 0.3) is 5.69 Å². The molecule has 0 aliphatic rings. The molecule has 1 amide bonds. The molecule has 23 heavy (non-hydrogen) atoms. The lowest BCUT2D eigenvalue weighted by atomic mass is 10.1. The summed E-state index contributed by atoms with van der Waals surface area (Å²) in [6, 6.07) is 8.26. The number of para-hydroxylation sites is 1. The van der Waals surface area contributed by atoms with E-state index in [0.29, 0.717) is 11.7 Å². The Morgan fingerprint density at radius 1 is 1.22 bits per heavy atom. The van der Waals surface area contributed by atoms with Crippen LogP contribution >= 0.6 is 11.8 Å². The Bertz CT molecular complexity index is 681. The lowest BCUT2D eigenvalue weighted by Crippen LogP contribution is -2.37. The first-order valence-electron chi connectivity index (χ1n) is 7.80. The minimum absolute atomic E-state index is 0.0215. The van der Waals surface area contributed by atoms with E-state index >= 15 is 0 Å². The standard InChI is InChI=1S/C17H24N4OS/c1-11(2)13(4)18-16(22)10-23-17-20-19-14(5)21(17)15-9-7-6-8-12(15)3/h6-9,11,13H,10H2,1-5H3,(H,18,22). The van der Waals surface area contributed by atoms with Gasteiger partial charge in [0, 0.05) is 6.04 Å². The number of hydrogen-bond donors (Lipinski definition) is 1. The number of nitrogens with one attached hydrogen (secondary N) is 1. The summed E-state index contributed by atoms with van der Waals surface area (Å²) >= 11 is 1.41. The third-order valence-electron chi connectivity index (χ3n) is 3.87. The highest BCUT2D eigenvalue weighted by Crippen LogP contribution is 2.23. The summed E-state index contributed by atoms with van der Waals surface area (Å²) in [7, 11) is 0. The maximum Gasteiger partial charge on any atom is 0.230 e. The molecule has 1 unspecified atom stereocenters. The van der Waals surface area contributed by atoms with Gasteiger partial charge < -0.3 is 5.32 Å². The summed E-state index contributed by atoms with van der Waals surface area (Å²) in [5.41, 5.74) is 2.20. The SMILES string of the molecule is Cc1ccccc1-n1c(C)nnc1SCC(=O)NC(C)C(C)C. The van der Waals surface area contributed by atoms with Crippen LogP contribution in [-0.2, 0) is 4.79 Å². The van der Waals surface area contributed by atoms with E-state index in [2.05, 4.69) is 42.4 Å². The maximum atomic E-state index is 12.1. The van der Waals surface area contributed by atoms with Gasteiger partial charge in [0.05, 0.1) is 11.4 Å². The summed E-state index contributed by atoms with van der Waals surface area (Å²) in [6.07, 6.45) is 0. The van der Waals surface area contributed by atoms with Gasteiger partial charge in [-0.3, -0.25) is 9.36 Å². The van der Waals surface area contributed by atoms with Crippen LogP contribution in [0.5, 0.6) is 0 Å². The molecule has 1 aromatic carbocycles. The van der Waals surface area contributed by atoms with E-state index in [1.54, 1.807) is 0 Å². The van der Waals surface area contributed by atoms with Gasteiger partial charge in [-0.1, -0.05) is 43.8 Å². The first-order valence-corrected chi connectivity index (χ1v) is 8.79. The normalized spacial score (nSPS) is 12.4. The highest BCUT2D eigenvalue weighted by Gasteiger charge is 2.16. The number of carbonyl (C=O) groups is 1. The van der Waals surface area contributed by atoms with Gasteiger partial charge in [0.25, 0.3) is 0 Å². The Kier molecular flexibility index (Phi) is 5.82. The molecule has 6 heteroatoms. The first-order chi connectivity index (χ1) is 10.9. The molecular weight excluding hydrogens is 308 g/mol. The lowest BCUT2D eigenvalue weighted by molar-refractivity contribution is -0.119. The molecule has 2 aromatic rings. The molecule has 0 aliphatic heterocycles. The summed E-state index contributed by atoms with van der Waals surface area (Å²) in [5, 5.41) is 12.1. The summed E-state index contributed by atoms with van der Waals surface area (Å²) in [4.78, 5) is 12.1. The fourth-order valence-corrected chi connectivity index (χ4v) is 2.92. The summed E-state index contributed by atoms with van der Waals surface area (Å²) in [5.74, 6) is 1.59. The third-order valence-corrected chi connectivity index (χ3v) is 4.80. The predicted octanol–water partition coefficient (Wildman–Crippen LogP) is 3.14. The second-order valence-corrected chi connectivity index (χ2v) is 6.98. The van der Waals surface area contributed by atoms with E-state index in [1.807, 2.05) is 36.6 Å². The van der Waals surface area contributed by atoms with Crippen molar-refractivity contribution < 1.29 is 4.79 Å². The van der Waals surface area contributed by atoms with E-state index in [4.69, 9.17) is 0 Å². The first kappa shape index (κ1) is 17.5. The van der Waals surface area contributed by atoms with Gasteiger partial charge in [-0.25, -0.2) is 0 Å². The van der Waals surface area contributed by atoms with Crippen molar-refractivity contribution in [3.8, 4) is 5.69 Å². The molecular formula is C17H24N4OS. The molecule has 0 radical (unpaired) electrons. The fraction of sp³-hybridized carbons (Fsp3) is 0.471. The molecule has 1 atom stereocenters. The van der Waals surface area contributed by atoms with Crippen LogP contribution in [0.2, 0.25) is 0 Å². The van der Waals surface area contributed by atoms with E-state index in [9.17, 15) is 4.79 Å². The number of carbonyl (C=O) groups excluding carboxylic acids is 1. The van der Waals surface area contributed by atoms with Crippen molar-refractivity contribution in [1.29, 1.82) is 0 Å². The molecule has 0 bridgehead atoms. The van der Waals surface area contributed by atoms with Crippen molar-refractivity contribution in [3.05, 3.63) is 35.7 Å². The average Bonchev–Trinajstić information content (AvgIpc) is 2.86. The van der Waals surface area contributed by atoms with Crippen LogP contribution in [0.1, 0.15) is 32.2 Å². The molecule has 0 spiro atoms. The highest BCUT2D eigenvalue weighted by molar-refractivity contribution is 7.99. The van der Waals surface area contributed by atoms with Crippen LogP contribution in [-0.4, -0.2) is 32.5 Å². The zero-order valence-electron chi connectivity index (χ0n) is 14.3. The number of rotatable bonds is 6. The number of nitrogens with zero attached hydrogens (tertiary/aromatic N) is 3. The largest absolute Gasteiger partial charge is 0.353 e. The third kappa shape index (κ3) is 4.34. The molecule has 5 nitrogen and oxygen atoms in total. The van der Waals surface area contributed by atoms with Crippen molar-refractivity contribution in [2.75, 3.05) is 5.75 Å². The molecule has 1 heterocycles. The zero-order valence-corrected chi connectivity index (χ0v) is 15.1. The smallest absolute Gasteiger partial charge is 0.230 e. The van der Waals surface area contributed by atoms with Crippen molar-refractivity contribution in [3.63, 3.8) is 0 Å². The van der Waals surface area contributed by atoms with E-state index in [0.717, 1.165) is 22.2 Å². The topological polar surface area (TPSA) is 59.8 Å². The van der Waals surface area contributed by atoms with Gasteiger partial charge in [0.15, 0.2) is 5.16 Å². The Hall–Kier alpha value is -1.82. The van der Waals surface area contributed by atoms with Crippen molar-refractivity contribution in [2.24, 2.45) is 5.92 Å². The molecule has 0 saturated heterocycles. The van der Waals surface area contributed by atoms with E-state index < -0.39 is 0 Å². The van der Waals surface area contributed by atoms with Gasteiger partial charge >= 0.3 is 0 Å². The Morgan fingerprint density at radius 3 is 2.57 bits per heavy atom. The van der Waals surface area contributed by atoms with Crippen molar-refractivity contribution in [1.82, 2.24) is 20.1 Å². The van der Waals surface area contributed by atoms with Crippen molar-refractivity contribution >= 4 is 17.7 Å². The van der Waals surface area contributed by atoms with Gasteiger partial charge in [0.2, 0.25) is 5.91 Å². The fourth-order valence-electron chi connectivity index (χ4n) is 2.12. The highest BCUT2D eigenvalue weighted by atomic mass is 32.2. The Labute approximate surface area is 141 Å². The number of benzene rings is 1. The van der Waals surface area contributed by atoms with Gasteiger partial charge in [-0.05, 0) is 38.3 Å². The molecule has 2 rings (SSSR count). The van der Waals surface area contributed by atoms with Crippen LogP contribution in [0.15, 0.2) is 29.4 Å². The molecule has 1 N–H and O–H groups in total. The van der Waals surface area contributed by atoms with Gasteiger partial charge in [0.1, 0.15) is 5.82 Å². The Balaban J connectivity index is 2.11. The van der Waals surface area contributed by atoms with E-state index in [-0.39, 0.29) is 11.9 Å². The number of aromatic nitrogens is 3.